The van der Waals surface area contributed by atoms with Crippen molar-refractivity contribution >= 4 is 28.6 Å². The molecule has 1 atom stereocenters. The number of nitrogens with zero attached hydrogens (tertiary/aromatic N) is 2. The topological polar surface area (TPSA) is 26.5 Å². The third-order valence-corrected chi connectivity index (χ3v) is 4.62. The minimum Gasteiger partial charge on any atom is -0.475 e. The fraction of sp³-hybridized carbons (Fsp3) is 0.438. The van der Waals surface area contributed by atoms with E-state index in [1.165, 1.54) is 10.9 Å². The van der Waals surface area contributed by atoms with Gasteiger partial charge in [-0.05, 0) is 18.7 Å². The molecule has 2 heterocycles. The summed E-state index contributed by atoms with van der Waals surface area (Å²) in [6.45, 7) is 6.02. The monoisotopic (exact) mass is 288 g/mol. The van der Waals surface area contributed by atoms with Crippen LogP contribution in [-0.2, 0) is 11.3 Å². The number of thioether (sulfide) groups is 1. The molecule has 106 valence electrons. The summed E-state index contributed by atoms with van der Waals surface area (Å²) >= 11 is 1.92. The summed E-state index contributed by atoms with van der Waals surface area (Å²) in [4.78, 5) is 4.75. The van der Waals surface area contributed by atoms with Crippen molar-refractivity contribution in [3.63, 3.8) is 0 Å². The number of rotatable bonds is 5. The molecule has 0 amide bonds. The van der Waals surface area contributed by atoms with E-state index in [0.717, 1.165) is 29.5 Å². The maximum atomic E-state index is 5.84. The number of hydrogen-bond acceptors (Lipinski definition) is 3. The SMILES string of the molecule is CCSC[C@@H]1COC(c2cn(CC)c3ccccc23)=N1. The van der Waals surface area contributed by atoms with Gasteiger partial charge in [0, 0.05) is 29.4 Å². The van der Waals surface area contributed by atoms with Crippen LogP contribution in [0.3, 0.4) is 0 Å². The Balaban J connectivity index is 1.95. The number of aromatic nitrogens is 1. The Morgan fingerprint density at radius 2 is 2.20 bits per heavy atom. The Morgan fingerprint density at radius 1 is 1.35 bits per heavy atom. The molecule has 0 saturated carbocycles. The zero-order chi connectivity index (χ0) is 13.9. The van der Waals surface area contributed by atoms with Crippen LogP contribution in [0.25, 0.3) is 10.9 Å². The van der Waals surface area contributed by atoms with Crippen LogP contribution in [0.5, 0.6) is 0 Å². The van der Waals surface area contributed by atoms with Crippen LogP contribution in [0.4, 0.5) is 0 Å². The summed E-state index contributed by atoms with van der Waals surface area (Å²) in [5, 5.41) is 1.23. The lowest BCUT2D eigenvalue weighted by molar-refractivity contribution is 0.325. The fourth-order valence-electron chi connectivity index (χ4n) is 2.58. The number of fused-ring (bicyclic) bond motifs is 1. The summed E-state index contributed by atoms with van der Waals surface area (Å²) in [6.07, 6.45) is 2.17. The normalized spacial score (nSPS) is 18.3. The minimum atomic E-state index is 0.304. The predicted octanol–water partition coefficient (Wildman–Crippen LogP) is 3.56. The van der Waals surface area contributed by atoms with E-state index in [4.69, 9.17) is 9.73 Å². The highest BCUT2D eigenvalue weighted by molar-refractivity contribution is 7.99. The molecule has 0 bridgehead atoms. The molecule has 0 unspecified atom stereocenters. The Morgan fingerprint density at radius 3 is 3.00 bits per heavy atom. The van der Waals surface area contributed by atoms with Crippen LogP contribution < -0.4 is 0 Å². The molecule has 2 aromatic rings. The number of benzene rings is 1. The van der Waals surface area contributed by atoms with Crippen molar-refractivity contribution in [3.05, 3.63) is 36.0 Å². The number of ether oxygens (including phenoxy) is 1. The van der Waals surface area contributed by atoms with Gasteiger partial charge >= 0.3 is 0 Å². The molecule has 3 rings (SSSR count). The van der Waals surface area contributed by atoms with Crippen molar-refractivity contribution in [2.45, 2.75) is 26.4 Å². The van der Waals surface area contributed by atoms with Crippen molar-refractivity contribution in [2.75, 3.05) is 18.1 Å². The molecule has 0 aliphatic carbocycles. The average molecular weight is 288 g/mol. The second kappa shape index (κ2) is 5.92. The zero-order valence-electron chi connectivity index (χ0n) is 12.0. The van der Waals surface area contributed by atoms with E-state index >= 15 is 0 Å². The van der Waals surface area contributed by atoms with Crippen molar-refractivity contribution in [1.82, 2.24) is 4.57 Å². The zero-order valence-corrected chi connectivity index (χ0v) is 12.8. The van der Waals surface area contributed by atoms with Crippen LogP contribution >= 0.6 is 11.8 Å². The Labute approximate surface area is 124 Å². The maximum Gasteiger partial charge on any atom is 0.218 e. The third-order valence-electron chi connectivity index (χ3n) is 3.59. The summed E-state index contributed by atoms with van der Waals surface area (Å²) < 4.78 is 8.09. The molecule has 0 saturated heterocycles. The van der Waals surface area contributed by atoms with E-state index in [1.807, 2.05) is 11.8 Å². The lowest BCUT2D eigenvalue weighted by Crippen LogP contribution is -2.09. The number of aryl methyl sites for hydroxylation is 1. The lowest BCUT2D eigenvalue weighted by atomic mass is 10.2. The summed E-state index contributed by atoms with van der Waals surface area (Å²) in [5.41, 5.74) is 2.38. The quantitative estimate of drug-likeness (QED) is 0.841. The van der Waals surface area contributed by atoms with Gasteiger partial charge in [-0.1, -0.05) is 25.1 Å². The van der Waals surface area contributed by atoms with Crippen molar-refractivity contribution in [3.8, 4) is 0 Å². The molecule has 0 fully saturated rings. The molecule has 0 radical (unpaired) electrons. The smallest absolute Gasteiger partial charge is 0.218 e. The van der Waals surface area contributed by atoms with Gasteiger partial charge in [0.15, 0.2) is 0 Å². The highest BCUT2D eigenvalue weighted by atomic mass is 32.2. The first-order valence-corrected chi connectivity index (χ1v) is 8.35. The number of para-hydroxylation sites is 1. The van der Waals surface area contributed by atoms with Crippen LogP contribution in [0.15, 0.2) is 35.5 Å². The highest BCUT2D eigenvalue weighted by Gasteiger charge is 2.22. The second-order valence-corrected chi connectivity index (χ2v) is 6.22. The lowest BCUT2D eigenvalue weighted by Gasteiger charge is -2.01. The summed E-state index contributed by atoms with van der Waals surface area (Å²) in [6, 6.07) is 8.76. The van der Waals surface area contributed by atoms with E-state index < -0.39 is 0 Å². The average Bonchev–Trinajstić information content (AvgIpc) is 3.09. The number of hydrogen-bond donors (Lipinski definition) is 0. The molecule has 1 aliphatic heterocycles. The molecule has 1 aromatic carbocycles. The van der Waals surface area contributed by atoms with Crippen molar-refractivity contribution in [1.29, 1.82) is 0 Å². The Bertz CT molecular complexity index is 632. The standard InChI is InChI=1S/C16H20N2OS/c1-3-18-9-14(13-7-5-6-8-15(13)18)16-17-12(10-19-16)11-20-4-2/h5-9,12H,3-4,10-11H2,1-2H3/t12-/m0/s1. The largest absolute Gasteiger partial charge is 0.475 e. The molecule has 1 aromatic heterocycles. The van der Waals surface area contributed by atoms with Gasteiger partial charge in [-0.3, -0.25) is 0 Å². The van der Waals surface area contributed by atoms with Gasteiger partial charge < -0.3 is 9.30 Å². The van der Waals surface area contributed by atoms with Crippen molar-refractivity contribution in [2.24, 2.45) is 4.99 Å². The molecule has 0 spiro atoms. The van der Waals surface area contributed by atoms with Crippen LogP contribution in [0.1, 0.15) is 19.4 Å². The molecule has 3 nitrogen and oxygen atoms in total. The van der Waals surface area contributed by atoms with E-state index in [-0.39, 0.29) is 0 Å². The van der Waals surface area contributed by atoms with E-state index in [9.17, 15) is 0 Å². The Hall–Kier alpha value is -1.42. The van der Waals surface area contributed by atoms with Gasteiger partial charge in [0.1, 0.15) is 6.61 Å². The van der Waals surface area contributed by atoms with Crippen LogP contribution in [-0.4, -0.2) is 34.6 Å². The van der Waals surface area contributed by atoms with Gasteiger partial charge in [-0.2, -0.15) is 11.8 Å². The first kappa shape index (κ1) is 13.6. The minimum absolute atomic E-state index is 0.304. The van der Waals surface area contributed by atoms with Crippen LogP contribution in [0.2, 0.25) is 0 Å². The van der Waals surface area contributed by atoms with E-state index in [1.54, 1.807) is 0 Å². The molecule has 20 heavy (non-hydrogen) atoms. The van der Waals surface area contributed by atoms with Gasteiger partial charge in [0.2, 0.25) is 5.90 Å². The Kier molecular flexibility index (Phi) is 4.01. The molecule has 4 heteroatoms. The first-order valence-electron chi connectivity index (χ1n) is 7.20. The third kappa shape index (κ3) is 2.44. The highest BCUT2D eigenvalue weighted by Crippen LogP contribution is 2.25. The summed E-state index contributed by atoms with van der Waals surface area (Å²) in [5.74, 6) is 3.00. The van der Waals surface area contributed by atoms with Crippen molar-refractivity contribution < 1.29 is 4.74 Å². The molecule has 1 aliphatic rings. The molecular weight excluding hydrogens is 268 g/mol. The van der Waals surface area contributed by atoms with Gasteiger partial charge in [0.05, 0.1) is 11.6 Å². The number of aliphatic imine (C=N–C) groups is 1. The molecule has 0 N–H and O–H groups in total. The first-order chi connectivity index (χ1) is 9.83. The fourth-order valence-corrected chi connectivity index (χ4v) is 3.26. The van der Waals surface area contributed by atoms with Gasteiger partial charge in [-0.15, -0.1) is 0 Å². The van der Waals surface area contributed by atoms with E-state index in [2.05, 4.69) is 48.9 Å². The maximum absolute atomic E-state index is 5.84. The second-order valence-electron chi connectivity index (χ2n) is 4.90. The predicted molar refractivity (Wildman–Crippen MR) is 86.9 cm³/mol. The van der Waals surface area contributed by atoms with Gasteiger partial charge in [0.25, 0.3) is 0 Å². The van der Waals surface area contributed by atoms with Crippen LogP contribution in [0, 0.1) is 0 Å². The summed E-state index contributed by atoms with van der Waals surface area (Å²) in [7, 11) is 0. The molecular formula is C16H20N2OS. The van der Waals surface area contributed by atoms with E-state index in [0.29, 0.717) is 12.6 Å². The van der Waals surface area contributed by atoms with Gasteiger partial charge in [-0.25, -0.2) is 4.99 Å².